The highest BCUT2D eigenvalue weighted by atomic mass is 32.2. The Hall–Kier alpha value is -4.27. The molecule has 0 saturated carbocycles. The first-order chi connectivity index (χ1) is 18.8. The van der Waals surface area contributed by atoms with Gasteiger partial charge in [0.2, 0.25) is 5.91 Å². The molecule has 0 bridgehead atoms. The van der Waals surface area contributed by atoms with Gasteiger partial charge in [-0.3, -0.25) is 14.6 Å². The Morgan fingerprint density at radius 1 is 1.25 bits per heavy atom. The summed E-state index contributed by atoms with van der Waals surface area (Å²) in [6.07, 6.45) is -0.230. The van der Waals surface area contributed by atoms with Crippen molar-refractivity contribution in [3.8, 4) is 5.82 Å². The molecule has 5 rings (SSSR count). The molecule has 1 fully saturated rings. The van der Waals surface area contributed by atoms with Crippen LogP contribution in [-0.2, 0) is 27.2 Å². The fourth-order valence-corrected chi connectivity index (χ4v) is 5.41. The van der Waals surface area contributed by atoms with Crippen molar-refractivity contribution in [1.29, 1.82) is 0 Å². The molecule has 210 valence electrons. The van der Waals surface area contributed by atoms with E-state index in [0.717, 1.165) is 18.4 Å². The summed E-state index contributed by atoms with van der Waals surface area (Å²) in [7, 11) is -2.05. The molecule has 2 aromatic heterocycles. The highest BCUT2D eigenvalue weighted by Gasteiger charge is 2.50. The number of rotatable bonds is 6. The number of alkyl halides is 3. The SMILES string of the molecule is C/N=C/c1ccc(-n2nc3c(c2NC(=O)CS(C)(=O)=O)C(=O)NC2(C3)CN(c3cccc(C(F)(F)F)c3)C2)nc1. The second-order valence-electron chi connectivity index (χ2n) is 9.85. The first kappa shape index (κ1) is 27.3. The molecular formula is C25H24F3N7O4S. The smallest absolute Gasteiger partial charge is 0.367 e. The third-order valence-corrected chi connectivity index (χ3v) is 7.30. The molecule has 1 spiro atoms. The minimum absolute atomic E-state index is 0.0329. The number of carbonyl (C=O) groups excluding carboxylic acids is 2. The van der Waals surface area contributed by atoms with E-state index in [1.807, 2.05) is 0 Å². The van der Waals surface area contributed by atoms with Crippen molar-refractivity contribution in [2.45, 2.75) is 18.1 Å². The Balaban J connectivity index is 1.46. The van der Waals surface area contributed by atoms with Gasteiger partial charge in [0, 0.05) is 56.5 Å². The first-order valence-electron chi connectivity index (χ1n) is 12.0. The number of carbonyl (C=O) groups is 2. The molecule has 15 heteroatoms. The molecule has 4 heterocycles. The number of halogens is 3. The largest absolute Gasteiger partial charge is 0.416 e. The second kappa shape index (κ2) is 9.73. The lowest BCUT2D eigenvalue weighted by Crippen LogP contribution is -2.73. The molecule has 0 unspecified atom stereocenters. The number of nitrogens with one attached hydrogen (secondary N) is 2. The Labute approximate surface area is 227 Å². The van der Waals surface area contributed by atoms with Gasteiger partial charge in [0.1, 0.15) is 11.3 Å². The lowest BCUT2D eigenvalue weighted by molar-refractivity contribution is -0.137. The molecule has 2 aliphatic heterocycles. The Bertz CT molecular complexity index is 1630. The molecule has 2 aliphatic rings. The molecule has 2 amide bonds. The van der Waals surface area contributed by atoms with Crippen LogP contribution in [0.1, 0.15) is 27.2 Å². The van der Waals surface area contributed by atoms with Gasteiger partial charge in [0.05, 0.1) is 16.8 Å². The second-order valence-corrected chi connectivity index (χ2v) is 12.0. The fourth-order valence-electron chi connectivity index (χ4n) is 4.87. The van der Waals surface area contributed by atoms with E-state index in [0.29, 0.717) is 16.9 Å². The molecule has 0 aliphatic carbocycles. The van der Waals surface area contributed by atoms with Crippen LogP contribution in [0.25, 0.3) is 5.82 Å². The monoisotopic (exact) mass is 575 g/mol. The predicted molar refractivity (Wildman–Crippen MR) is 141 cm³/mol. The van der Waals surface area contributed by atoms with Crippen LogP contribution in [0.2, 0.25) is 0 Å². The van der Waals surface area contributed by atoms with Gasteiger partial charge >= 0.3 is 6.18 Å². The van der Waals surface area contributed by atoms with Gasteiger partial charge in [-0.05, 0) is 30.3 Å². The van der Waals surface area contributed by atoms with E-state index in [1.165, 1.54) is 16.9 Å². The van der Waals surface area contributed by atoms with Crippen LogP contribution < -0.4 is 15.5 Å². The average Bonchev–Trinajstić information content (AvgIpc) is 3.19. The van der Waals surface area contributed by atoms with Crippen LogP contribution in [0.5, 0.6) is 0 Å². The number of aliphatic imine (C=N–C) groups is 1. The van der Waals surface area contributed by atoms with E-state index >= 15 is 0 Å². The summed E-state index contributed by atoms with van der Waals surface area (Å²) in [6.45, 7) is 0.483. The van der Waals surface area contributed by atoms with E-state index in [9.17, 15) is 31.2 Å². The van der Waals surface area contributed by atoms with Crippen molar-refractivity contribution < 1.29 is 31.2 Å². The average molecular weight is 576 g/mol. The van der Waals surface area contributed by atoms with Crippen LogP contribution in [0.3, 0.4) is 0 Å². The van der Waals surface area contributed by atoms with Gasteiger partial charge in [-0.2, -0.15) is 23.0 Å². The van der Waals surface area contributed by atoms with E-state index in [-0.39, 0.29) is 36.7 Å². The summed E-state index contributed by atoms with van der Waals surface area (Å²) in [5.74, 6) is -1.98. The summed E-state index contributed by atoms with van der Waals surface area (Å²) in [6, 6.07) is 8.27. The predicted octanol–water partition coefficient (Wildman–Crippen LogP) is 1.86. The van der Waals surface area contributed by atoms with Gasteiger partial charge < -0.3 is 15.5 Å². The number of amides is 2. The molecule has 0 atom stereocenters. The third kappa shape index (κ3) is 5.41. The van der Waals surface area contributed by atoms with E-state index in [4.69, 9.17) is 0 Å². The highest BCUT2D eigenvalue weighted by molar-refractivity contribution is 7.91. The normalized spacial score (nSPS) is 16.5. The summed E-state index contributed by atoms with van der Waals surface area (Å²) in [5, 5.41) is 9.97. The number of fused-ring (bicyclic) bond motifs is 1. The van der Waals surface area contributed by atoms with Gasteiger partial charge in [-0.15, -0.1) is 0 Å². The van der Waals surface area contributed by atoms with Crippen molar-refractivity contribution in [1.82, 2.24) is 20.1 Å². The number of nitrogens with zero attached hydrogens (tertiary/aromatic N) is 5. The number of benzene rings is 1. The fraction of sp³-hybridized carbons (Fsp3) is 0.320. The lowest BCUT2D eigenvalue weighted by Gasteiger charge is -2.53. The van der Waals surface area contributed by atoms with Crippen molar-refractivity contribution in [2.24, 2.45) is 4.99 Å². The van der Waals surface area contributed by atoms with Crippen LogP contribution in [0.4, 0.5) is 24.7 Å². The number of hydrogen-bond acceptors (Lipinski definition) is 8. The Morgan fingerprint density at radius 2 is 2.00 bits per heavy atom. The highest BCUT2D eigenvalue weighted by Crippen LogP contribution is 2.38. The van der Waals surface area contributed by atoms with Gasteiger partial charge in [0.25, 0.3) is 5.91 Å². The number of anilines is 2. The molecule has 2 N–H and O–H groups in total. The number of pyridine rings is 1. The lowest BCUT2D eigenvalue weighted by atomic mass is 9.80. The van der Waals surface area contributed by atoms with E-state index < -0.39 is 44.7 Å². The van der Waals surface area contributed by atoms with Crippen LogP contribution >= 0.6 is 0 Å². The number of aromatic nitrogens is 3. The summed E-state index contributed by atoms with van der Waals surface area (Å²) >= 11 is 0. The molecule has 1 aromatic carbocycles. The van der Waals surface area contributed by atoms with Crippen LogP contribution in [-0.4, -0.2) is 78.9 Å². The zero-order valence-corrected chi connectivity index (χ0v) is 22.2. The zero-order chi connectivity index (χ0) is 28.9. The third-order valence-electron chi connectivity index (χ3n) is 6.51. The molecule has 40 heavy (non-hydrogen) atoms. The molecular weight excluding hydrogens is 551 g/mol. The summed E-state index contributed by atoms with van der Waals surface area (Å²) in [5.41, 5.74) is -0.0845. The number of hydrogen-bond donors (Lipinski definition) is 2. The van der Waals surface area contributed by atoms with Crippen molar-refractivity contribution in [2.75, 3.05) is 42.4 Å². The van der Waals surface area contributed by atoms with Gasteiger partial charge in [-0.1, -0.05) is 6.07 Å². The summed E-state index contributed by atoms with van der Waals surface area (Å²) < 4.78 is 64.2. The minimum atomic E-state index is -4.48. The molecule has 0 radical (unpaired) electrons. The van der Waals surface area contributed by atoms with Crippen LogP contribution in [0.15, 0.2) is 47.6 Å². The Morgan fingerprint density at radius 3 is 2.62 bits per heavy atom. The molecule has 11 nitrogen and oxygen atoms in total. The van der Waals surface area contributed by atoms with Crippen LogP contribution in [0, 0.1) is 0 Å². The standard InChI is InChI=1S/C25H24F3N7O4S/c1-29-10-15-6-7-19(30-11-15)35-22(31-20(36)12-40(2,38)39)21-18(33-35)9-24(32-23(21)37)13-34(14-24)17-5-3-4-16(8-17)25(26,27)28/h3-8,10-11H,9,12-14H2,1-2H3,(H,31,36)(H,32,37)/b29-10+. The topological polar surface area (TPSA) is 139 Å². The zero-order valence-electron chi connectivity index (χ0n) is 21.4. The Kier molecular flexibility index (Phi) is 6.64. The quantitative estimate of drug-likeness (QED) is 0.428. The first-order valence-corrected chi connectivity index (χ1v) is 14.1. The van der Waals surface area contributed by atoms with Crippen molar-refractivity contribution >= 4 is 39.4 Å². The maximum absolute atomic E-state index is 13.4. The maximum atomic E-state index is 13.4. The maximum Gasteiger partial charge on any atom is 0.416 e. The molecule has 3 aromatic rings. The van der Waals surface area contributed by atoms with E-state index in [2.05, 4.69) is 25.7 Å². The van der Waals surface area contributed by atoms with Gasteiger partial charge in [-0.25, -0.2) is 13.4 Å². The van der Waals surface area contributed by atoms with Gasteiger partial charge in [0.15, 0.2) is 21.5 Å². The number of sulfone groups is 1. The molecule has 1 saturated heterocycles. The van der Waals surface area contributed by atoms with Crippen molar-refractivity contribution in [3.05, 3.63) is 65.0 Å². The summed E-state index contributed by atoms with van der Waals surface area (Å²) in [4.78, 5) is 35.9. The van der Waals surface area contributed by atoms with Crippen molar-refractivity contribution in [3.63, 3.8) is 0 Å². The minimum Gasteiger partial charge on any atom is -0.367 e. The van der Waals surface area contributed by atoms with E-state index in [1.54, 1.807) is 36.4 Å².